The number of likely N-dealkylation sites (tertiary alicyclic amines) is 1. The topological polar surface area (TPSA) is 40.5 Å². The first kappa shape index (κ1) is 9.99. The highest BCUT2D eigenvalue weighted by molar-refractivity contribution is 9.10. The van der Waals surface area contributed by atoms with Crippen LogP contribution in [-0.4, -0.2) is 39.9 Å². The van der Waals surface area contributed by atoms with Crippen LogP contribution in [0, 0.1) is 0 Å². The number of amides is 1. The molecule has 3 nitrogen and oxygen atoms in total. The largest absolute Gasteiger partial charge is 0.393 e. The first-order valence-electron chi connectivity index (χ1n) is 4.22. The summed E-state index contributed by atoms with van der Waals surface area (Å²) in [7, 11) is 0. The van der Waals surface area contributed by atoms with Crippen LogP contribution in [0.5, 0.6) is 0 Å². The zero-order valence-electron chi connectivity index (χ0n) is 7.16. The van der Waals surface area contributed by atoms with E-state index in [1.165, 1.54) is 0 Å². The van der Waals surface area contributed by atoms with E-state index in [9.17, 15) is 9.90 Å². The summed E-state index contributed by atoms with van der Waals surface area (Å²) < 4.78 is 0. The van der Waals surface area contributed by atoms with E-state index in [0.29, 0.717) is 25.9 Å². The molecule has 12 heavy (non-hydrogen) atoms. The van der Waals surface area contributed by atoms with Gasteiger partial charge in [0.05, 0.1) is 10.9 Å². The van der Waals surface area contributed by atoms with Gasteiger partial charge in [-0.3, -0.25) is 4.79 Å². The number of rotatable bonds is 1. The van der Waals surface area contributed by atoms with Crippen LogP contribution in [0.15, 0.2) is 0 Å². The standard InChI is InChI=1S/C8H14BrNO2/c1-6(9)8(12)10-4-2-7(11)3-5-10/h6-7,11H,2-5H2,1H3. The highest BCUT2D eigenvalue weighted by Gasteiger charge is 2.23. The van der Waals surface area contributed by atoms with E-state index in [1.807, 2.05) is 6.92 Å². The molecule has 4 heteroatoms. The summed E-state index contributed by atoms with van der Waals surface area (Å²) in [6.07, 6.45) is 1.22. The van der Waals surface area contributed by atoms with Gasteiger partial charge in [-0.05, 0) is 19.8 Å². The summed E-state index contributed by atoms with van der Waals surface area (Å²) >= 11 is 3.24. The maximum atomic E-state index is 11.4. The minimum absolute atomic E-state index is 0.104. The van der Waals surface area contributed by atoms with Crippen LogP contribution in [0.3, 0.4) is 0 Å². The molecule has 1 fully saturated rings. The maximum absolute atomic E-state index is 11.4. The van der Waals surface area contributed by atoms with Crippen LogP contribution in [0.25, 0.3) is 0 Å². The van der Waals surface area contributed by atoms with Crippen molar-refractivity contribution in [3.8, 4) is 0 Å². The lowest BCUT2D eigenvalue weighted by Gasteiger charge is -2.30. The number of nitrogens with zero attached hydrogens (tertiary/aromatic N) is 1. The lowest BCUT2D eigenvalue weighted by Crippen LogP contribution is -2.42. The van der Waals surface area contributed by atoms with E-state index in [4.69, 9.17) is 0 Å². The second-order valence-electron chi connectivity index (χ2n) is 3.17. The lowest BCUT2D eigenvalue weighted by molar-refractivity contribution is -0.132. The first-order chi connectivity index (χ1) is 5.61. The Labute approximate surface area is 80.9 Å². The average molecular weight is 236 g/mol. The minimum Gasteiger partial charge on any atom is -0.393 e. The number of aliphatic hydroxyl groups is 1. The maximum Gasteiger partial charge on any atom is 0.236 e. The van der Waals surface area contributed by atoms with Gasteiger partial charge in [0.25, 0.3) is 0 Å². The quantitative estimate of drug-likeness (QED) is 0.682. The molecule has 1 rings (SSSR count). The molecular formula is C8H14BrNO2. The van der Waals surface area contributed by atoms with Gasteiger partial charge in [0.2, 0.25) is 5.91 Å². The third-order valence-electron chi connectivity index (χ3n) is 2.12. The number of alkyl halides is 1. The van der Waals surface area contributed by atoms with E-state index in [-0.39, 0.29) is 16.8 Å². The fraction of sp³-hybridized carbons (Fsp3) is 0.875. The van der Waals surface area contributed by atoms with Crippen LogP contribution in [0.4, 0.5) is 0 Å². The molecule has 1 heterocycles. The molecule has 0 aromatic carbocycles. The minimum atomic E-state index is -0.209. The van der Waals surface area contributed by atoms with Gasteiger partial charge in [-0.2, -0.15) is 0 Å². The Morgan fingerprint density at radius 2 is 2.08 bits per heavy atom. The number of carbonyl (C=O) groups excluding carboxylic acids is 1. The summed E-state index contributed by atoms with van der Waals surface area (Å²) in [6.45, 7) is 3.21. The van der Waals surface area contributed by atoms with Crippen molar-refractivity contribution in [3.63, 3.8) is 0 Å². The number of aliphatic hydroxyl groups excluding tert-OH is 1. The Bertz CT molecular complexity index is 164. The first-order valence-corrected chi connectivity index (χ1v) is 5.13. The number of piperidine rings is 1. The highest BCUT2D eigenvalue weighted by atomic mass is 79.9. The van der Waals surface area contributed by atoms with E-state index >= 15 is 0 Å². The highest BCUT2D eigenvalue weighted by Crippen LogP contribution is 2.13. The lowest BCUT2D eigenvalue weighted by atomic mass is 10.1. The van der Waals surface area contributed by atoms with Gasteiger partial charge in [-0.15, -0.1) is 0 Å². The van der Waals surface area contributed by atoms with Crippen LogP contribution in [0.2, 0.25) is 0 Å². The molecule has 1 saturated heterocycles. The van der Waals surface area contributed by atoms with Gasteiger partial charge in [-0.25, -0.2) is 0 Å². The Morgan fingerprint density at radius 3 is 2.50 bits per heavy atom. The van der Waals surface area contributed by atoms with Gasteiger partial charge in [0.15, 0.2) is 0 Å². The molecular weight excluding hydrogens is 222 g/mol. The summed E-state index contributed by atoms with van der Waals surface area (Å²) in [4.78, 5) is 13.1. The van der Waals surface area contributed by atoms with Crippen molar-refractivity contribution >= 4 is 21.8 Å². The van der Waals surface area contributed by atoms with E-state index in [1.54, 1.807) is 4.90 Å². The second-order valence-corrected chi connectivity index (χ2v) is 4.55. The number of halogens is 1. The molecule has 0 aliphatic carbocycles. The zero-order chi connectivity index (χ0) is 9.14. The van der Waals surface area contributed by atoms with Crippen molar-refractivity contribution in [3.05, 3.63) is 0 Å². The summed E-state index contributed by atoms with van der Waals surface area (Å²) in [6, 6.07) is 0. The van der Waals surface area contributed by atoms with Crippen molar-refractivity contribution < 1.29 is 9.90 Å². The van der Waals surface area contributed by atoms with Gasteiger partial charge >= 0.3 is 0 Å². The molecule has 1 N–H and O–H groups in total. The molecule has 1 amide bonds. The van der Waals surface area contributed by atoms with Gasteiger partial charge in [-0.1, -0.05) is 15.9 Å². The van der Waals surface area contributed by atoms with Gasteiger partial charge in [0.1, 0.15) is 0 Å². The Hall–Kier alpha value is -0.0900. The van der Waals surface area contributed by atoms with Crippen molar-refractivity contribution in [1.29, 1.82) is 0 Å². The molecule has 0 radical (unpaired) electrons. The smallest absolute Gasteiger partial charge is 0.236 e. The zero-order valence-corrected chi connectivity index (χ0v) is 8.75. The number of carbonyl (C=O) groups is 1. The SMILES string of the molecule is CC(Br)C(=O)N1CCC(O)CC1. The van der Waals surface area contributed by atoms with Crippen LogP contribution >= 0.6 is 15.9 Å². The molecule has 70 valence electrons. The number of hydrogen-bond donors (Lipinski definition) is 1. The second kappa shape index (κ2) is 4.23. The molecule has 0 aromatic rings. The third-order valence-corrected chi connectivity index (χ3v) is 2.51. The molecule has 0 spiro atoms. The van der Waals surface area contributed by atoms with Crippen LogP contribution in [-0.2, 0) is 4.79 Å². The fourth-order valence-electron chi connectivity index (χ4n) is 1.34. The molecule has 1 atom stereocenters. The normalized spacial score (nSPS) is 22.4. The number of hydrogen-bond acceptors (Lipinski definition) is 2. The van der Waals surface area contributed by atoms with Crippen molar-refractivity contribution in [2.45, 2.75) is 30.7 Å². The average Bonchev–Trinajstić information content (AvgIpc) is 2.04. The molecule has 1 aliphatic rings. The van der Waals surface area contributed by atoms with Crippen molar-refractivity contribution in [1.82, 2.24) is 4.90 Å². The Kier molecular flexibility index (Phi) is 3.53. The monoisotopic (exact) mass is 235 g/mol. The molecule has 0 saturated carbocycles. The van der Waals surface area contributed by atoms with Crippen LogP contribution in [0.1, 0.15) is 19.8 Å². The van der Waals surface area contributed by atoms with E-state index < -0.39 is 0 Å². The molecule has 1 aliphatic heterocycles. The summed E-state index contributed by atoms with van der Waals surface area (Å²) in [5, 5.41) is 9.20. The summed E-state index contributed by atoms with van der Waals surface area (Å²) in [5.74, 6) is 0.127. The van der Waals surface area contributed by atoms with E-state index in [2.05, 4.69) is 15.9 Å². The predicted octanol–water partition coefficient (Wildman–Crippen LogP) is 0.753. The van der Waals surface area contributed by atoms with Crippen LogP contribution < -0.4 is 0 Å². The molecule has 0 bridgehead atoms. The third kappa shape index (κ3) is 2.45. The molecule has 1 unspecified atom stereocenters. The Balaban J connectivity index is 2.39. The summed E-state index contributed by atoms with van der Waals surface area (Å²) in [5.41, 5.74) is 0. The fourth-order valence-corrected chi connectivity index (χ4v) is 1.63. The van der Waals surface area contributed by atoms with Crippen molar-refractivity contribution in [2.24, 2.45) is 0 Å². The van der Waals surface area contributed by atoms with Crippen molar-refractivity contribution in [2.75, 3.05) is 13.1 Å². The Morgan fingerprint density at radius 1 is 1.58 bits per heavy atom. The molecule has 0 aromatic heterocycles. The van der Waals surface area contributed by atoms with E-state index in [0.717, 1.165) is 0 Å². The van der Waals surface area contributed by atoms with Gasteiger partial charge in [0, 0.05) is 13.1 Å². The van der Waals surface area contributed by atoms with Gasteiger partial charge < -0.3 is 10.0 Å². The predicted molar refractivity (Wildman–Crippen MR) is 50.2 cm³/mol.